The lowest BCUT2D eigenvalue weighted by molar-refractivity contribution is -0.385. The monoisotopic (exact) mass is 449 g/mol. The molecule has 0 fully saturated rings. The van der Waals surface area contributed by atoms with E-state index in [1.54, 1.807) is 0 Å². The Balaban J connectivity index is 2.11. The highest BCUT2D eigenvalue weighted by atomic mass is 32.2. The number of carbonyl (C=O) groups excluding carboxylic acids is 2. The highest BCUT2D eigenvalue weighted by molar-refractivity contribution is 7.92. The molecule has 2 N–H and O–H groups in total. The van der Waals surface area contributed by atoms with Crippen molar-refractivity contribution in [1.82, 2.24) is 5.32 Å². The second kappa shape index (κ2) is 10.5. The minimum atomic E-state index is -4.22. The molecule has 0 atom stereocenters. The van der Waals surface area contributed by atoms with Gasteiger partial charge in [0.2, 0.25) is 0 Å². The maximum Gasteiger partial charge on any atom is 0.340 e. The van der Waals surface area contributed by atoms with E-state index in [4.69, 9.17) is 4.74 Å². The predicted octanol–water partition coefficient (Wildman–Crippen LogP) is 2.71. The third-order valence-corrected chi connectivity index (χ3v) is 5.47. The first-order valence-electron chi connectivity index (χ1n) is 9.40. The normalized spacial score (nSPS) is 11.1. The molecule has 166 valence electrons. The molecule has 0 aliphatic heterocycles. The van der Waals surface area contributed by atoms with Crippen LogP contribution in [-0.2, 0) is 19.6 Å². The summed E-state index contributed by atoms with van der Waals surface area (Å²) in [6.07, 6.45) is 0.780. The van der Waals surface area contributed by atoms with E-state index in [0.717, 1.165) is 18.6 Å². The number of carbonyl (C=O) groups is 2. The third kappa shape index (κ3) is 7.07. The first kappa shape index (κ1) is 23.8. The fourth-order valence-corrected chi connectivity index (χ4v) is 3.60. The van der Waals surface area contributed by atoms with E-state index in [9.17, 15) is 28.1 Å². The zero-order valence-corrected chi connectivity index (χ0v) is 17.8. The Kier molecular flexibility index (Phi) is 8.08. The van der Waals surface area contributed by atoms with Crippen LogP contribution in [0.5, 0.6) is 0 Å². The van der Waals surface area contributed by atoms with Crippen LogP contribution in [0.2, 0.25) is 0 Å². The van der Waals surface area contributed by atoms with Gasteiger partial charge in [-0.1, -0.05) is 32.0 Å². The number of benzene rings is 2. The van der Waals surface area contributed by atoms with Gasteiger partial charge in [-0.3, -0.25) is 19.6 Å². The SMILES string of the molecule is CC(C)CCNC(=O)COC(=O)c1ccccc1NS(=O)(=O)c1cccc([N+](=O)[O-])c1. The Labute approximate surface area is 179 Å². The highest BCUT2D eigenvalue weighted by Crippen LogP contribution is 2.23. The molecule has 0 spiro atoms. The number of para-hydroxylation sites is 1. The Morgan fingerprint density at radius 2 is 1.84 bits per heavy atom. The molecular formula is C20H23N3O7S. The second-order valence-electron chi connectivity index (χ2n) is 7.01. The van der Waals surface area contributed by atoms with E-state index >= 15 is 0 Å². The molecule has 0 aliphatic rings. The number of esters is 1. The fourth-order valence-electron chi connectivity index (χ4n) is 2.48. The summed E-state index contributed by atoms with van der Waals surface area (Å²) in [5, 5.41) is 13.5. The maximum absolute atomic E-state index is 12.6. The first-order valence-corrected chi connectivity index (χ1v) is 10.9. The van der Waals surface area contributed by atoms with Crippen molar-refractivity contribution in [2.75, 3.05) is 17.9 Å². The van der Waals surface area contributed by atoms with Crippen molar-refractivity contribution in [1.29, 1.82) is 0 Å². The van der Waals surface area contributed by atoms with E-state index in [0.29, 0.717) is 12.5 Å². The first-order chi connectivity index (χ1) is 14.6. The molecule has 0 unspecified atom stereocenters. The Bertz CT molecular complexity index is 1070. The molecule has 0 radical (unpaired) electrons. The lowest BCUT2D eigenvalue weighted by Crippen LogP contribution is -2.30. The molecule has 2 rings (SSSR count). The Hall–Kier alpha value is -3.47. The van der Waals surface area contributed by atoms with Gasteiger partial charge in [0, 0.05) is 18.7 Å². The van der Waals surface area contributed by atoms with Crippen molar-refractivity contribution in [3.05, 3.63) is 64.2 Å². The number of ether oxygens (including phenoxy) is 1. The van der Waals surface area contributed by atoms with E-state index in [1.807, 2.05) is 13.8 Å². The zero-order valence-electron chi connectivity index (χ0n) is 17.0. The molecule has 0 bridgehead atoms. The number of nitro groups is 1. The van der Waals surface area contributed by atoms with Crippen molar-refractivity contribution in [3.63, 3.8) is 0 Å². The van der Waals surface area contributed by atoms with Crippen LogP contribution in [0.3, 0.4) is 0 Å². The molecule has 1 amide bonds. The average Bonchev–Trinajstić information content (AvgIpc) is 2.72. The van der Waals surface area contributed by atoms with E-state index in [1.165, 1.54) is 36.4 Å². The van der Waals surface area contributed by atoms with Gasteiger partial charge in [-0.25, -0.2) is 13.2 Å². The van der Waals surface area contributed by atoms with Crippen molar-refractivity contribution in [2.24, 2.45) is 5.92 Å². The van der Waals surface area contributed by atoms with Crippen molar-refractivity contribution >= 4 is 33.3 Å². The molecule has 2 aromatic rings. The predicted molar refractivity (Wildman–Crippen MR) is 113 cm³/mol. The smallest absolute Gasteiger partial charge is 0.340 e. The minimum absolute atomic E-state index is 0.0841. The molecule has 0 saturated carbocycles. The molecule has 0 aliphatic carbocycles. The van der Waals surface area contributed by atoms with Crippen molar-refractivity contribution < 1.29 is 27.7 Å². The summed E-state index contributed by atoms with van der Waals surface area (Å²) >= 11 is 0. The standard InChI is InChI=1S/C20H23N3O7S/c1-14(2)10-11-21-19(24)13-30-20(25)17-8-3-4-9-18(17)22-31(28,29)16-7-5-6-15(12-16)23(26)27/h3-9,12,14,22H,10-11,13H2,1-2H3,(H,21,24). The maximum atomic E-state index is 12.6. The topological polar surface area (TPSA) is 145 Å². The summed E-state index contributed by atoms with van der Waals surface area (Å²) in [5.41, 5.74) is -0.579. The van der Waals surface area contributed by atoms with E-state index in [-0.39, 0.29) is 21.8 Å². The number of non-ortho nitro benzene ring substituents is 1. The molecule has 31 heavy (non-hydrogen) atoms. The van der Waals surface area contributed by atoms with Crippen LogP contribution in [0.25, 0.3) is 0 Å². The molecule has 11 heteroatoms. The van der Waals surface area contributed by atoms with Crippen LogP contribution in [0.4, 0.5) is 11.4 Å². The van der Waals surface area contributed by atoms with Gasteiger partial charge in [0.1, 0.15) is 0 Å². The molecule has 2 aromatic carbocycles. The van der Waals surface area contributed by atoms with Gasteiger partial charge in [-0.2, -0.15) is 0 Å². The third-order valence-electron chi connectivity index (χ3n) is 4.11. The van der Waals surface area contributed by atoms with Gasteiger partial charge in [0.05, 0.1) is 21.1 Å². The highest BCUT2D eigenvalue weighted by Gasteiger charge is 2.21. The number of hydrogen-bond acceptors (Lipinski definition) is 7. The van der Waals surface area contributed by atoms with Crippen LogP contribution < -0.4 is 10.0 Å². The molecule has 0 aromatic heterocycles. The quantitative estimate of drug-likeness (QED) is 0.322. The lowest BCUT2D eigenvalue weighted by Gasteiger charge is -2.12. The number of nitrogens with one attached hydrogen (secondary N) is 2. The van der Waals surface area contributed by atoms with Gasteiger partial charge in [0.15, 0.2) is 6.61 Å². The van der Waals surface area contributed by atoms with Crippen LogP contribution in [0.1, 0.15) is 30.6 Å². The summed E-state index contributed by atoms with van der Waals surface area (Å²) in [5.74, 6) is -0.950. The minimum Gasteiger partial charge on any atom is -0.452 e. The summed E-state index contributed by atoms with van der Waals surface area (Å²) < 4.78 is 32.5. The average molecular weight is 449 g/mol. The second-order valence-corrected chi connectivity index (χ2v) is 8.70. The lowest BCUT2D eigenvalue weighted by atomic mass is 10.1. The fraction of sp³-hybridized carbons (Fsp3) is 0.300. The van der Waals surface area contributed by atoms with E-state index in [2.05, 4.69) is 10.0 Å². The number of rotatable bonds is 10. The molecule has 0 saturated heterocycles. The number of sulfonamides is 1. The van der Waals surface area contributed by atoms with Crippen LogP contribution in [-0.4, -0.2) is 38.4 Å². The number of hydrogen-bond donors (Lipinski definition) is 2. The molecule has 0 heterocycles. The summed E-state index contributed by atoms with van der Waals surface area (Å²) in [7, 11) is -4.22. The number of amides is 1. The summed E-state index contributed by atoms with van der Waals surface area (Å²) in [6.45, 7) is 3.96. The molecule has 10 nitrogen and oxygen atoms in total. The van der Waals surface area contributed by atoms with Gasteiger partial charge in [-0.15, -0.1) is 0 Å². The van der Waals surface area contributed by atoms with Crippen LogP contribution in [0, 0.1) is 16.0 Å². The molecular weight excluding hydrogens is 426 g/mol. The zero-order chi connectivity index (χ0) is 23.0. The van der Waals surface area contributed by atoms with Gasteiger partial charge < -0.3 is 10.1 Å². The Morgan fingerprint density at radius 3 is 2.52 bits per heavy atom. The number of nitrogens with zero attached hydrogens (tertiary/aromatic N) is 1. The van der Waals surface area contributed by atoms with Crippen molar-refractivity contribution in [2.45, 2.75) is 25.2 Å². The largest absolute Gasteiger partial charge is 0.452 e. The van der Waals surface area contributed by atoms with Crippen molar-refractivity contribution in [3.8, 4) is 0 Å². The van der Waals surface area contributed by atoms with Gasteiger partial charge >= 0.3 is 5.97 Å². The number of anilines is 1. The van der Waals surface area contributed by atoms with E-state index < -0.39 is 33.4 Å². The van der Waals surface area contributed by atoms with Crippen LogP contribution >= 0.6 is 0 Å². The Morgan fingerprint density at radius 1 is 1.13 bits per heavy atom. The van der Waals surface area contributed by atoms with Gasteiger partial charge in [-0.05, 0) is 30.5 Å². The summed E-state index contributed by atoms with van der Waals surface area (Å²) in [6, 6.07) is 10.2. The van der Waals surface area contributed by atoms with Crippen LogP contribution in [0.15, 0.2) is 53.4 Å². The number of nitro benzene ring substituents is 1. The summed E-state index contributed by atoms with van der Waals surface area (Å²) in [4.78, 5) is 34.0. The van der Waals surface area contributed by atoms with Gasteiger partial charge in [0.25, 0.3) is 21.6 Å².